The van der Waals surface area contributed by atoms with Gasteiger partial charge in [-0.25, -0.2) is 9.69 Å². The molecule has 0 aromatic heterocycles. The summed E-state index contributed by atoms with van der Waals surface area (Å²) in [6, 6.07) is 13.8. The first-order valence-corrected chi connectivity index (χ1v) is 11.3. The fourth-order valence-corrected chi connectivity index (χ4v) is 3.48. The van der Waals surface area contributed by atoms with E-state index in [-0.39, 0.29) is 10.7 Å². The van der Waals surface area contributed by atoms with E-state index in [4.69, 9.17) is 16.3 Å². The van der Waals surface area contributed by atoms with Gasteiger partial charge in [-0.3, -0.25) is 9.59 Å². The van der Waals surface area contributed by atoms with Crippen molar-refractivity contribution in [3.05, 3.63) is 70.4 Å². The highest BCUT2D eigenvalue weighted by atomic mass is 35.5. The highest BCUT2D eigenvalue weighted by Crippen LogP contribution is 2.30. The number of carbonyl (C=O) groups excluding carboxylic acids is 3. The number of nitrogens with one attached hydrogen (secondary N) is 1. The molecule has 0 spiro atoms. The molecular weight excluding hydrogens is 428 g/mol. The van der Waals surface area contributed by atoms with Gasteiger partial charge in [-0.05, 0) is 61.2 Å². The number of carbonyl (C=O) groups is 3. The number of rotatable bonds is 10. The van der Waals surface area contributed by atoms with Crippen LogP contribution in [0.5, 0.6) is 0 Å². The van der Waals surface area contributed by atoms with Gasteiger partial charge in [0.2, 0.25) is 0 Å². The van der Waals surface area contributed by atoms with Crippen molar-refractivity contribution in [2.45, 2.75) is 46.0 Å². The fraction of sp³-hybridized carbons (Fsp3) is 0.320. The largest absolute Gasteiger partial charge is 0.462 e. The number of amides is 2. The van der Waals surface area contributed by atoms with E-state index < -0.39 is 17.8 Å². The van der Waals surface area contributed by atoms with Crippen molar-refractivity contribution in [3.63, 3.8) is 0 Å². The maximum absolute atomic E-state index is 12.9. The SMILES string of the molecule is CCCCOC(=O)c1ccc(NC2=C(Cl)C(=O)N(c3ccc(CCCC)cc3)C2=O)cc1. The highest BCUT2D eigenvalue weighted by molar-refractivity contribution is 6.53. The van der Waals surface area contributed by atoms with E-state index in [2.05, 4.69) is 12.2 Å². The van der Waals surface area contributed by atoms with Crippen LogP contribution in [0.4, 0.5) is 11.4 Å². The van der Waals surface area contributed by atoms with Gasteiger partial charge in [0.05, 0.1) is 17.9 Å². The summed E-state index contributed by atoms with van der Waals surface area (Å²) in [7, 11) is 0. The van der Waals surface area contributed by atoms with Crippen molar-refractivity contribution < 1.29 is 19.1 Å². The predicted octanol–water partition coefficient (Wildman–Crippen LogP) is 5.42. The molecular formula is C25H27ClN2O4. The number of halogens is 1. The number of hydrogen-bond donors (Lipinski definition) is 1. The third-order valence-corrected chi connectivity index (χ3v) is 5.51. The lowest BCUT2D eigenvalue weighted by molar-refractivity contribution is -0.120. The van der Waals surface area contributed by atoms with E-state index in [1.165, 1.54) is 0 Å². The Bertz CT molecular complexity index is 1010. The van der Waals surface area contributed by atoms with Crippen LogP contribution in [0.3, 0.4) is 0 Å². The minimum atomic E-state index is -0.573. The topological polar surface area (TPSA) is 75.7 Å². The lowest BCUT2D eigenvalue weighted by Crippen LogP contribution is -2.32. The molecule has 1 heterocycles. The summed E-state index contributed by atoms with van der Waals surface area (Å²) in [4.78, 5) is 38.7. The monoisotopic (exact) mass is 454 g/mol. The van der Waals surface area contributed by atoms with Gasteiger partial charge in [0, 0.05) is 5.69 Å². The van der Waals surface area contributed by atoms with E-state index in [1.54, 1.807) is 36.4 Å². The third kappa shape index (κ3) is 5.37. The average Bonchev–Trinajstić information content (AvgIpc) is 3.01. The summed E-state index contributed by atoms with van der Waals surface area (Å²) in [5.41, 5.74) is 2.57. The molecule has 1 aliphatic rings. The number of benzene rings is 2. The average molecular weight is 455 g/mol. The minimum Gasteiger partial charge on any atom is -0.462 e. The Morgan fingerprint density at radius 3 is 2.22 bits per heavy atom. The normalized spacial score (nSPS) is 13.7. The Morgan fingerprint density at radius 1 is 0.938 bits per heavy atom. The van der Waals surface area contributed by atoms with Crippen molar-refractivity contribution >= 4 is 40.8 Å². The Balaban J connectivity index is 1.69. The predicted molar refractivity (Wildman–Crippen MR) is 126 cm³/mol. The van der Waals surface area contributed by atoms with Gasteiger partial charge in [0.15, 0.2) is 0 Å². The van der Waals surface area contributed by atoms with Crippen LogP contribution in [-0.2, 0) is 20.7 Å². The number of nitrogens with zero attached hydrogens (tertiary/aromatic N) is 1. The van der Waals surface area contributed by atoms with Crippen molar-refractivity contribution in [1.82, 2.24) is 0 Å². The summed E-state index contributed by atoms with van der Waals surface area (Å²) in [6.45, 7) is 4.53. The zero-order valence-corrected chi connectivity index (χ0v) is 19.1. The summed E-state index contributed by atoms with van der Waals surface area (Å²) < 4.78 is 5.19. The van der Waals surface area contributed by atoms with Crippen LogP contribution in [0, 0.1) is 0 Å². The number of aryl methyl sites for hydroxylation is 1. The van der Waals surface area contributed by atoms with Crippen LogP contribution in [-0.4, -0.2) is 24.4 Å². The Kier molecular flexibility index (Phi) is 8.06. The molecule has 0 atom stereocenters. The molecule has 1 N–H and O–H groups in total. The van der Waals surface area contributed by atoms with Crippen LogP contribution >= 0.6 is 11.6 Å². The number of esters is 1. The lowest BCUT2D eigenvalue weighted by atomic mass is 10.1. The summed E-state index contributed by atoms with van der Waals surface area (Å²) >= 11 is 6.20. The van der Waals surface area contributed by atoms with Gasteiger partial charge < -0.3 is 10.1 Å². The molecule has 7 heteroatoms. The molecule has 2 amide bonds. The van der Waals surface area contributed by atoms with E-state index in [0.29, 0.717) is 23.5 Å². The number of unbranched alkanes of at least 4 members (excludes halogenated alkanes) is 2. The maximum atomic E-state index is 12.9. The molecule has 168 valence electrons. The van der Waals surface area contributed by atoms with Crippen molar-refractivity contribution in [3.8, 4) is 0 Å². The van der Waals surface area contributed by atoms with Gasteiger partial charge in [-0.15, -0.1) is 0 Å². The number of hydrogen-bond acceptors (Lipinski definition) is 5. The van der Waals surface area contributed by atoms with Crippen molar-refractivity contribution in [1.29, 1.82) is 0 Å². The third-order valence-electron chi connectivity index (χ3n) is 5.16. The molecule has 32 heavy (non-hydrogen) atoms. The number of imide groups is 1. The maximum Gasteiger partial charge on any atom is 0.338 e. The first-order valence-electron chi connectivity index (χ1n) is 10.9. The van der Waals surface area contributed by atoms with Gasteiger partial charge >= 0.3 is 5.97 Å². The summed E-state index contributed by atoms with van der Waals surface area (Å²) in [6.07, 6.45) is 4.88. The molecule has 2 aromatic carbocycles. The van der Waals surface area contributed by atoms with Crippen LogP contribution in [0.1, 0.15) is 55.5 Å². The van der Waals surface area contributed by atoms with Crippen LogP contribution < -0.4 is 10.2 Å². The molecule has 0 saturated heterocycles. The first kappa shape index (κ1) is 23.5. The zero-order chi connectivity index (χ0) is 23.1. The molecule has 0 fully saturated rings. The standard InChI is InChI=1S/C25H27ClN2O4/c1-3-5-7-17-8-14-20(15-9-17)28-23(29)21(26)22(24(28)30)27-19-12-10-18(11-13-19)25(31)32-16-6-4-2/h8-15,27H,3-7,16H2,1-2H3. The minimum absolute atomic E-state index is 0.00463. The molecule has 0 radical (unpaired) electrons. The van der Waals surface area contributed by atoms with Crippen molar-refractivity contribution in [2.24, 2.45) is 0 Å². The molecule has 0 unspecified atom stereocenters. The van der Waals surface area contributed by atoms with Crippen LogP contribution in [0.2, 0.25) is 0 Å². The summed E-state index contributed by atoms with van der Waals surface area (Å²) in [5, 5.41) is 2.74. The summed E-state index contributed by atoms with van der Waals surface area (Å²) in [5.74, 6) is -1.50. The molecule has 0 aliphatic carbocycles. The molecule has 2 aromatic rings. The van der Waals surface area contributed by atoms with Gasteiger partial charge in [-0.1, -0.05) is 50.4 Å². The second-order valence-corrected chi connectivity index (χ2v) is 7.97. The second kappa shape index (κ2) is 11.0. The molecule has 0 bridgehead atoms. The Hall–Kier alpha value is -3.12. The molecule has 3 rings (SSSR count). The van der Waals surface area contributed by atoms with Crippen LogP contribution in [0.15, 0.2) is 59.3 Å². The number of ether oxygens (including phenoxy) is 1. The van der Waals surface area contributed by atoms with Crippen molar-refractivity contribution in [2.75, 3.05) is 16.8 Å². The fourth-order valence-electron chi connectivity index (χ4n) is 3.26. The van der Waals surface area contributed by atoms with E-state index in [9.17, 15) is 14.4 Å². The second-order valence-electron chi connectivity index (χ2n) is 7.60. The van der Waals surface area contributed by atoms with E-state index in [0.717, 1.165) is 42.6 Å². The Labute approximate surface area is 193 Å². The lowest BCUT2D eigenvalue weighted by Gasteiger charge is -2.15. The van der Waals surface area contributed by atoms with Gasteiger partial charge in [-0.2, -0.15) is 0 Å². The van der Waals surface area contributed by atoms with Gasteiger partial charge in [0.25, 0.3) is 11.8 Å². The highest BCUT2D eigenvalue weighted by Gasteiger charge is 2.38. The first-order chi connectivity index (χ1) is 15.5. The van der Waals surface area contributed by atoms with Crippen LogP contribution in [0.25, 0.3) is 0 Å². The number of anilines is 2. The Morgan fingerprint density at radius 2 is 1.59 bits per heavy atom. The van der Waals surface area contributed by atoms with E-state index >= 15 is 0 Å². The van der Waals surface area contributed by atoms with Gasteiger partial charge in [0.1, 0.15) is 10.7 Å². The van der Waals surface area contributed by atoms with E-state index in [1.807, 2.05) is 19.1 Å². The molecule has 1 aliphatic heterocycles. The molecule has 0 saturated carbocycles. The zero-order valence-electron chi connectivity index (χ0n) is 18.3. The quantitative estimate of drug-likeness (QED) is 0.294. The smallest absolute Gasteiger partial charge is 0.338 e. The molecule has 6 nitrogen and oxygen atoms in total.